The van der Waals surface area contributed by atoms with Gasteiger partial charge in [0.1, 0.15) is 5.75 Å². The van der Waals surface area contributed by atoms with Gasteiger partial charge in [0.2, 0.25) is 0 Å². The standard InChI is InChI=1S/C13H16F3NO/c1-4-9-17(3)10(2)11-5-7-12(8-6-11)18-13(14,15)16/h5-8H,2,4,9H2,1,3H3. The Hall–Kier alpha value is -1.65. The van der Waals surface area contributed by atoms with Crippen molar-refractivity contribution < 1.29 is 17.9 Å². The lowest BCUT2D eigenvalue weighted by atomic mass is 10.1. The molecule has 0 saturated heterocycles. The third-order valence-electron chi connectivity index (χ3n) is 2.44. The number of alkyl halides is 3. The maximum Gasteiger partial charge on any atom is 0.573 e. The van der Waals surface area contributed by atoms with Gasteiger partial charge in [-0.3, -0.25) is 0 Å². The van der Waals surface area contributed by atoms with E-state index in [9.17, 15) is 13.2 Å². The van der Waals surface area contributed by atoms with Crippen LogP contribution in [0.5, 0.6) is 5.75 Å². The number of nitrogens with zero attached hydrogens (tertiary/aromatic N) is 1. The van der Waals surface area contributed by atoms with Gasteiger partial charge in [-0.15, -0.1) is 13.2 Å². The first-order valence-corrected chi connectivity index (χ1v) is 5.59. The summed E-state index contributed by atoms with van der Waals surface area (Å²) in [7, 11) is 1.89. The summed E-state index contributed by atoms with van der Waals surface area (Å²) in [5.41, 5.74) is 1.55. The van der Waals surface area contributed by atoms with Gasteiger partial charge in [0.05, 0.1) is 0 Å². The summed E-state index contributed by atoms with van der Waals surface area (Å²) in [6.45, 7) is 6.80. The van der Waals surface area contributed by atoms with Crippen LogP contribution in [0.4, 0.5) is 13.2 Å². The minimum Gasteiger partial charge on any atom is -0.406 e. The van der Waals surface area contributed by atoms with E-state index in [4.69, 9.17) is 0 Å². The molecule has 0 unspecified atom stereocenters. The third kappa shape index (κ3) is 4.31. The molecule has 5 heteroatoms. The summed E-state index contributed by atoms with van der Waals surface area (Å²) in [6.07, 6.45) is -3.68. The van der Waals surface area contributed by atoms with Crippen molar-refractivity contribution in [3.63, 3.8) is 0 Å². The highest BCUT2D eigenvalue weighted by Gasteiger charge is 2.30. The second-order valence-electron chi connectivity index (χ2n) is 3.94. The molecule has 0 aromatic heterocycles. The summed E-state index contributed by atoms with van der Waals surface area (Å²) in [5.74, 6) is -0.225. The van der Waals surface area contributed by atoms with E-state index < -0.39 is 6.36 Å². The highest BCUT2D eigenvalue weighted by Crippen LogP contribution is 2.25. The van der Waals surface area contributed by atoms with Crippen molar-refractivity contribution in [2.75, 3.05) is 13.6 Å². The molecule has 0 fully saturated rings. The zero-order valence-electron chi connectivity index (χ0n) is 10.4. The van der Waals surface area contributed by atoms with Crippen molar-refractivity contribution in [1.29, 1.82) is 0 Å². The molecule has 0 aliphatic rings. The molecule has 0 saturated carbocycles. The van der Waals surface area contributed by atoms with Gasteiger partial charge in [-0.05, 0) is 36.2 Å². The van der Waals surface area contributed by atoms with E-state index in [-0.39, 0.29) is 5.75 Å². The summed E-state index contributed by atoms with van der Waals surface area (Å²) in [6, 6.07) is 5.70. The van der Waals surface area contributed by atoms with Crippen molar-refractivity contribution in [3.8, 4) is 5.75 Å². The number of halogens is 3. The summed E-state index contributed by atoms with van der Waals surface area (Å²) < 4.78 is 39.7. The van der Waals surface area contributed by atoms with Crippen LogP contribution in [0.2, 0.25) is 0 Å². The summed E-state index contributed by atoms with van der Waals surface area (Å²) >= 11 is 0. The van der Waals surface area contributed by atoms with Gasteiger partial charge < -0.3 is 9.64 Å². The summed E-state index contributed by atoms with van der Waals surface area (Å²) in [4.78, 5) is 1.96. The normalized spacial score (nSPS) is 11.2. The number of ether oxygens (including phenoxy) is 1. The Morgan fingerprint density at radius 2 is 1.83 bits per heavy atom. The third-order valence-corrected chi connectivity index (χ3v) is 2.44. The lowest BCUT2D eigenvalue weighted by Crippen LogP contribution is -2.18. The Kier molecular flexibility index (Phi) is 4.64. The fourth-order valence-electron chi connectivity index (χ4n) is 1.54. The van der Waals surface area contributed by atoms with Crippen molar-refractivity contribution >= 4 is 5.70 Å². The Labute approximate surface area is 105 Å². The minimum atomic E-state index is -4.66. The van der Waals surface area contributed by atoms with Gasteiger partial charge in [0, 0.05) is 19.3 Å². The van der Waals surface area contributed by atoms with Gasteiger partial charge >= 0.3 is 6.36 Å². The molecule has 0 aliphatic heterocycles. The molecule has 18 heavy (non-hydrogen) atoms. The van der Waals surface area contributed by atoms with Crippen LogP contribution in [-0.4, -0.2) is 24.9 Å². The molecular formula is C13H16F3NO. The smallest absolute Gasteiger partial charge is 0.406 e. The average Bonchev–Trinajstić information content (AvgIpc) is 2.27. The van der Waals surface area contributed by atoms with Gasteiger partial charge in [-0.25, -0.2) is 0 Å². The lowest BCUT2D eigenvalue weighted by Gasteiger charge is -2.21. The number of rotatable bonds is 5. The van der Waals surface area contributed by atoms with Crippen LogP contribution >= 0.6 is 0 Å². The monoisotopic (exact) mass is 259 g/mol. The van der Waals surface area contributed by atoms with E-state index in [2.05, 4.69) is 11.3 Å². The van der Waals surface area contributed by atoms with E-state index in [1.807, 2.05) is 18.9 Å². The van der Waals surface area contributed by atoms with E-state index in [1.165, 1.54) is 12.1 Å². The van der Waals surface area contributed by atoms with E-state index in [0.29, 0.717) is 0 Å². The quantitative estimate of drug-likeness (QED) is 0.795. The molecule has 100 valence electrons. The van der Waals surface area contributed by atoms with Crippen molar-refractivity contribution in [3.05, 3.63) is 36.4 Å². The highest BCUT2D eigenvalue weighted by atomic mass is 19.4. The van der Waals surface area contributed by atoms with Gasteiger partial charge in [-0.2, -0.15) is 0 Å². The largest absolute Gasteiger partial charge is 0.573 e. The van der Waals surface area contributed by atoms with Crippen molar-refractivity contribution in [1.82, 2.24) is 4.90 Å². The van der Waals surface area contributed by atoms with E-state index >= 15 is 0 Å². The van der Waals surface area contributed by atoms with Crippen LogP contribution in [0, 0.1) is 0 Å². The number of hydrogen-bond donors (Lipinski definition) is 0. The van der Waals surface area contributed by atoms with Crippen LogP contribution in [0.25, 0.3) is 5.70 Å². The van der Waals surface area contributed by atoms with Crippen molar-refractivity contribution in [2.45, 2.75) is 19.7 Å². The van der Waals surface area contributed by atoms with Gasteiger partial charge in [-0.1, -0.05) is 13.5 Å². The zero-order valence-corrected chi connectivity index (χ0v) is 10.4. The molecule has 0 amide bonds. The Balaban J connectivity index is 2.74. The van der Waals surface area contributed by atoms with Crippen LogP contribution in [-0.2, 0) is 0 Å². The second kappa shape index (κ2) is 5.80. The Morgan fingerprint density at radius 3 is 2.28 bits per heavy atom. The fourth-order valence-corrected chi connectivity index (χ4v) is 1.54. The Morgan fingerprint density at radius 1 is 1.28 bits per heavy atom. The predicted octanol–water partition coefficient (Wildman–Crippen LogP) is 3.90. The number of benzene rings is 1. The maximum absolute atomic E-state index is 12.0. The van der Waals surface area contributed by atoms with Crippen molar-refractivity contribution in [2.24, 2.45) is 0 Å². The topological polar surface area (TPSA) is 12.5 Å². The maximum atomic E-state index is 12.0. The van der Waals surface area contributed by atoms with Crippen LogP contribution in [0.1, 0.15) is 18.9 Å². The van der Waals surface area contributed by atoms with Crippen LogP contribution in [0.15, 0.2) is 30.8 Å². The molecular weight excluding hydrogens is 243 g/mol. The first kappa shape index (κ1) is 14.4. The SMILES string of the molecule is C=C(c1ccc(OC(F)(F)F)cc1)N(C)CCC. The molecule has 0 bridgehead atoms. The minimum absolute atomic E-state index is 0.225. The van der Waals surface area contributed by atoms with Gasteiger partial charge in [0.15, 0.2) is 0 Å². The molecule has 1 aromatic carbocycles. The molecule has 0 N–H and O–H groups in total. The Bertz CT molecular complexity index is 398. The highest BCUT2D eigenvalue weighted by molar-refractivity contribution is 5.62. The van der Waals surface area contributed by atoms with E-state index in [1.54, 1.807) is 12.1 Å². The molecule has 0 atom stereocenters. The second-order valence-corrected chi connectivity index (χ2v) is 3.94. The molecule has 1 rings (SSSR count). The van der Waals surface area contributed by atoms with Crippen LogP contribution < -0.4 is 4.74 Å². The molecule has 0 spiro atoms. The first-order valence-electron chi connectivity index (χ1n) is 5.59. The number of hydrogen-bond acceptors (Lipinski definition) is 2. The van der Waals surface area contributed by atoms with E-state index in [0.717, 1.165) is 24.2 Å². The molecule has 1 aromatic rings. The fraction of sp³-hybridized carbons (Fsp3) is 0.385. The van der Waals surface area contributed by atoms with Crippen LogP contribution in [0.3, 0.4) is 0 Å². The molecule has 2 nitrogen and oxygen atoms in total. The average molecular weight is 259 g/mol. The lowest BCUT2D eigenvalue weighted by molar-refractivity contribution is -0.274. The molecule has 0 heterocycles. The molecule has 0 radical (unpaired) electrons. The predicted molar refractivity (Wildman–Crippen MR) is 65.1 cm³/mol. The zero-order chi connectivity index (χ0) is 13.8. The summed E-state index contributed by atoms with van der Waals surface area (Å²) in [5, 5.41) is 0. The molecule has 0 aliphatic carbocycles. The van der Waals surface area contributed by atoms with Gasteiger partial charge in [0.25, 0.3) is 0 Å². The first-order chi connectivity index (χ1) is 8.33.